The molecular formula is C19H22O2. The zero-order valence-electron chi connectivity index (χ0n) is 12.8. The smallest absolute Gasteiger partial charge is 0.129 e. The van der Waals surface area contributed by atoms with Crippen LogP contribution in [0.5, 0.6) is 5.75 Å². The van der Waals surface area contributed by atoms with Gasteiger partial charge in [-0.05, 0) is 54.5 Å². The topological polar surface area (TPSA) is 29.5 Å². The Balaban J connectivity index is 1.89. The molecule has 1 aliphatic carbocycles. The summed E-state index contributed by atoms with van der Waals surface area (Å²) in [6, 6.07) is 14.2. The van der Waals surface area contributed by atoms with E-state index >= 15 is 0 Å². The number of benzene rings is 2. The van der Waals surface area contributed by atoms with E-state index in [0.717, 1.165) is 23.3 Å². The van der Waals surface area contributed by atoms with Gasteiger partial charge in [-0.1, -0.05) is 43.3 Å². The highest BCUT2D eigenvalue weighted by molar-refractivity contribution is 5.40. The van der Waals surface area contributed by atoms with Crippen molar-refractivity contribution >= 4 is 0 Å². The van der Waals surface area contributed by atoms with Crippen LogP contribution in [0.2, 0.25) is 0 Å². The summed E-state index contributed by atoms with van der Waals surface area (Å²) in [4.78, 5) is 0. The highest BCUT2D eigenvalue weighted by atomic mass is 16.5. The van der Waals surface area contributed by atoms with E-state index < -0.39 is 6.10 Å². The third-order valence-corrected chi connectivity index (χ3v) is 4.62. The Morgan fingerprint density at radius 1 is 1.00 bits per heavy atom. The summed E-state index contributed by atoms with van der Waals surface area (Å²) in [5, 5.41) is 10.6. The van der Waals surface area contributed by atoms with Gasteiger partial charge in [0, 0.05) is 0 Å². The molecule has 0 saturated heterocycles. The van der Waals surface area contributed by atoms with Crippen molar-refractivity contribution in [2.75, 3.05) is 0 Å². The van der Waals surface area contributed by atoms with Crippen molar-refractivity contribution in [1.29, 1.82) is 0 Å². The van der Waals surface area contributed by atoms with Crippen LogP contribution in [-0.4, -0.2) is 11.2 Å². The second kappa shape index (κ2) is 5.53. The maximum absolute atomic E-state index is 10.6. The summed E-state index contributed by atoms with van der Waals surface area (Å²) in [6.07, 6.45) is 0.0960. The standard InChI is InChI=1S/C19H22O2/c1-12-7-6-10-17(14(12)3)21-18-11-13(2)15-8-4-5-9-16(15)19(18)20/h4-10,13,18-20H,11H2,1-3H3. The molecule has 21 heavy (non-hydrogen) atoms. The summed E-state index contributed by atoms with van der Waals surface area (Å²) in [6.45, 7) is 6.35. The largest absolute Gasteiger partial charge is 0.487 e. The number of aliphatic hydroxyl groups is 1. The molecule has 0 aliphatic heterocycles. The fourth-order valence-electron chi connectivity index (χ4n) is 3.16. The number of ether oxygens (including phenoxy) is 1. The van der Waals surface area contributed by atoms with Crippen molar-refractivity contribution in [3.05, 3.63) is 64.7 Å². The van der Waals surface area contributed by atoms with Gasteiger partial charge in [0.1, 0.15) is 18.0 Å². The van der Waals surface area contributed by atoms with Gasteiger partial charge in [-0.2, -0.15) is 0 Å². The van der Waals surface area contributed by atoms with E-state index in [2.05, 4.69) is 32.9 Å². The van der Waals surface area contributed by atoms with E-state index in [0.29, 0.717) is 5.92 Å². The summed E-state index contributed by atoms with van der Waals surface area (Å²) < 4.78 is 6.16. The quantitative estimate of drug-likeness (QED) is 0.890. The predicted octanol–water partition coefficient (Wildman–Crippen LogP) is 4.29. The van der Waals surface area contributed by atoms with Gasteiger partial charge < -0.3 is 9.84 Å². The van der Waals surface area contributed by atoms with Gasteiger partial charge in [-0.25, -0.2) is 0 Å². The van der Waals surface area contributed by atoms with Crippen molar-refractivity contribution in [3.8, 4) is 5.75 Å². The Morgan fingerprint density at radius 2 is 1.71 bits per heavy atom. The van der Waals surface area contributed by atoms with Crippen LogP contribution in [0.1, 0.15) is 47.6 Å². The molecule has 1 aliphatic rings. The molecule has 0 aromatic heterocycles. The maximum Gasteiger partial charge on any atom is 0.129 e. The number of aryl methyl sites for hydroxylation is 1. The molecule has 0 spiro atoms. The van der Waals surface area contributed by atoms with E-state index in [1.807, 2.05) is 30.3 Å². The van der Waals surface area contributed by atoms with Crippen LogP contribution in [0.15, 0.2) is 42.5 Å². The van der Waals surface area contributed by atoms with Crippen LogP contribution in [0.3, 0.4) is 0 Å². The van der Waals surface area contributed by atoms with Crippen LogP contribution in [0, 0.1) is 13.8 Å². The molecule has 2 heteroatoms. The van der Waals surface area contributed by atoms with Crippen LogP contribution >= 0.6 is 0 Å². The first-order valence-electron chi connectivity index (χ1n) is 7.57. The highest BCUT2D eigenvalue weighted by Gasteiger charge is 2.33. The van der Waals surface area contributed by atoms with Gasteiger partial charge in [0.05, 0.1) is 0 Å². The molecule has 0 fully saturated rings. The molecule has 1 N–H and O–H groups in total. The Hall–Kier alpha value is -1.80. The first-order valence-corrected chi connectivity index (χ1v) is 7.57. The molecule has 0 saturated carbocycles. The fraction of sp³-hybridized carbons (Fsp3) is 0.368. The van der Waals surface area contributed by atoms with E-state index in [1.54, 1.807) is 0 Å². The van der Waals surface area contributed by atoms with Crippen molar-refractivity contribution in [2.45, 2.75) is 45.3 Å². The van der Waals surface area contributed by atoms with Crippen molar-refractivity contribution in [1.82, 2.24) is 0 Å². The molecule has 0 heterocycles. The predicted molar refractivity (Wildman–Crippen MR) is 84.8 cm³/mol. The Bertz CT molecular complexity index is 648. The highest BCUT2D eigenvalue weighted by Crippen LogP contribution is 2.39. The number of rotatable bonds is 2. The molecule has 110 valence electrons. The van der Waals surface area contributed by atoms with Gasteiger partial charge in [0.25, 0.3) is 0 Å². The minimum atomic E-state index is -0.558. The number of hydrogen-bond donors (Lipinski definition) is 1. The second-order valence-corrected chi connectivity index (χ2v) is 6.06. The Morgan fingerprint density at radius 3 is 2.48 bits per heavy atom. The zero-order valence-corrected chi connectivity index (χ0v) is 12.8. The van der Waals surface area contributed by atoms with Crippen LogP contribution < -0.4 is 4.74 Å². The monoisotopic (exact) mass is 282 g/mol. The Labute approximate surface area is 126 Å². The second-order valence-electron chi connectivity index (χ2n) is 6.06. The average Bonchev–Trinajstić information content (AvgIpc) is 2.49. The minimum Gasteiger partial charge on any atom is -0.487 e. The van der Waals surface area contributed by atoms with Gasteiger partial charge in [-0.3, -0.25) is 0 Å². The first kappa shape index (κ1) is 14.2. The molecular weight excluding hydrogens is 260 g/mol. The van der Waals surface area contributed by atoms with Crippen molar-refractivity contribution in [2.24, 2.45) is 0 Å². The molecule has 2 aromatic rings. The van der Waals surface area contributed by atoms with Gasteiger partial charge in [-0.15, -0.1) is 0 Å². The summed E-state index contributed by atoms with van der Waals surface area (Å²) >= 11 is 0. The molecule has 0 bridgehead atoms. The van der Waals surface area contributed by atoms with Crippen molar-refractivity contribution < 1.29 is 9.84 Å². The lowest BCUT2D eigenvalue weighted by Gasteiger charge is -2.34. The van der Waals surface area contributed by atoms with E-state index in [9.17, 15) is 5.11 Å². The Kier molecular flexibility index (Phi) is 3.73. The normalized spacial score (nSPS) is 24.5. The SMILES string of the molecule is Cc1cccc(OC2CC(C)c3ccccc3C2O)c1C. The van der Waals surface area contributed by atoms with Crippen LogP contribution in [0.4, 0.5) is 0 Å². The molecule has 0 radical (unpaired) electrons. The average molecular weight is 282 g/mol. The molecule has 3 unspecified atom stereocenters. The molecule has 0 amide bonds. The van der Waals surface area contributed by atoms with Gasteiger partial charge >= 0.3 is 0 Å². The fourth-order valence-corrected chi connectivity index (χ4v) is 3.16. The molecule has 2 aromatic carbocycles. The van der Waals surface area contributed by atoms with E-state index in [-0.39, 0.29) is 6.10 Å². The maximum atomic E-state index is 10.6. The number of hydrogen-bond acceptors (Lipinski definition) is 2. The lowest BCUT2D eigenvalue weighted by molar-refractivity contribution is 0.0175. The van der Waals surface area contributed by atoms with Crippen molar-refractivity contribution in [3.63, 3.8) is 0 Å². The van der Waals surface area contributed by atoms with E-state index in [1.165, 1.54) is 11.1 Å². The minimum absolute atomic E-state index is 0.185. The van der Waals surface area contributed by atoms with Gasteiger partial charge in [0.2, 0.25) is 0 Å². The lowest BCUT2D eigenvalue weighted by atomic mass is 9.80. The van der Waals surface area contributed by atoms with Crippen LogP contribution in [0.25, 0.3) is 0 Å². The summed E-state index contributed by atoms with van der Waals surface area (Å²) in [7, 11) is 0. The summed E-state index contributed by atoms with van der Waals surface area (Å²) in [5.74, 6) is 1.28. The molecule has 3 atom stereocenters. The lowest BCUT2D eigenvalue weighted by Crippen LogP contribution is -2.32. The third kappa shape index (κ3) is 2.56. The number of fused-ring (bicyclic) bond motifs is 1. The molecule has 2 nitrogen and oxygen atoms in total. The summed E-state index contributed by atoms with van der Waals surface area (Å²) in [5.41, 5.74) is 4.61. The third-order valence-electron chi connectivity index (χ3n) is 4.62. The van der Waals surface area contributed by atoms with Gasteiger partial charge in [0.15, 0.2) is 0 Å². The number of aliphatic hydroxyl groups excluding tert-OH is 1. The first-order chi connectivity index (χ1) is 10.1. The van der Waals surface area contributed by atoms with E-state index in [4.69, 9.17) is 4.74 Å². The molecule has 3 rings (SSSR count). The zero-order chi connectivity index (χ0) is 15.0. The van der Waals surface area contributed by atoms with Crippen LogP contribution in [-0.2, 0) is 0 Å².